The zero-order chi connectivity index (χ0) is 20.5. The molecule has 5 nitrogen and oxygen atoms in total. The Balaban J connectivity index is 1.22. The number of hydrogen-bond donors (Lipinski definition) is 1. The van der Waals surface area contributed by atoms with E-state index < -0.39 is 0 Å². The van der Waals surface area contributed by atoms with Crippen LogP contribution in [0.15, 0.2) is 18.2 Å². The van der Waals surface area contributed by atoms with Gasteiger partial charge in [0.25, 0.3) is 0 Å². The van der Waals surface area contributed by atoms with E-state index in [0.29, 0.717) is 5.13 Å². The zero-order valence-corrected chi connectivity index (χ0v) is 18.3. The van der Waals surface area contributed by atoms with Crippen LogP contribution in [-0.2, 0) is 9.59 Å². The molecule has 0 spiro atoms. The summed E-state index contributed by atoms with van der Waals surface area (Å²) in [4.78, 5) is 33.5. The van der Waals surface area contributed by atoms with E-state index in [0.717, 1.165) is 72.2 Å². The fraction of sp³-hybridized carbons (Fsp3) is 0.625. The number of nitrogens with one attached hydrogen (secondary N) is 1. The Morgan fingerprint density at radius 3 is 2.50 bits per heavy atom. The van der Waals surface area contributed by atoms with Gasteiger partial charge in [0.05, 0.1) is 15.6 Å². The Morgan fingerprint density at radius 2 is 1.83 bits per heavy atom. The maximum atomic E-state index is 13.8. The summed E-state index contributed by atoms with van der Waals surface area (Å²) in [5.41, 5.74) is 1.89. The SMILES string of the molecule is Cc1cccc2sc(NC(=O)C3CCCN3C(=O)C34CC5CC(CC(C5)C3)C4)nc12. The fourth-order valence-corrected chi connectivity index (χ4v) is 8.23. The van der Waals surface area contributed by atoms with Gasteiger partial charge in [-0.1, -0.05) is 23.5 Å². The molecule has 158 valence electrons. The molecular weight excluding hydrogens is 394 g/mol. The smallest absolute Gasteiger partial charge is 0.248 e. The van der Waals surface area contributed by atoms with Crippen LogP contribution in [-0.4, -0.2) is 34.3 Å². The highest BCUT2D eigenvalue weighted by atomic mass is 32.1. The predicted octanol–water partition coefficient (Wildman–Crippen LogP) is 4.75. The van der Waals surface area contributed by atoms with Crippen molar-refractivity contribution >= 4 is 38.5 Å². The number of amides is 2. The van der Waals surface area contributed by atoms with Gasteiger partial charge in [-0.3, -0.25) is 9.59 Å². The second kappa shape index (κ2) is 6.78. The molecule has 2 aromatic rings. The number of hydrogen-bond acceptors (Lipinski definition) is 4. The summed E-state index contributed by atoms with van der Waals surface area (Å²) in [5.74, 6) is 2.42. The molecule has 2 amide bonds. The first kappa shape index (κ1) is 18.8. The second-order valence-corrected chi connectivity index (χ2v) is 11.3. The number of para-hydroxylation sites is 1. The topological polar surface area (TPSA) is 62.3 Å². The van der Waals surface area contributed by atoms with Gasteiger partial charge in [-0.25, -0.2) is 4.98 Å². The van der Waals surface area contributed by atoms with E-state index in [1.54, 1.807) is 0 Å². The van der Waals surface area contributed by atoms with Crippen LogP contribution in [0.1, 0.15) is 56.9 Å². The third-order valence-corrected chi connectivity index (χ3v) is 9.10. The fourth-order valence-electron chi connectivity index (χ4n) is 7.29. The minimum atomic E-state index is -0.349. The minimum Gasteiger partial charge on any atom is -0.330 e. The molecule has 4 saturated carbocycles. The average Bonchev–Trinajstić information content (AvgIpc) is 3.34. The van der Waals surface area contributed by atoms with Gasteiger partial charge in [0.1, 0.15) is 6.04 Å². The lowest BCUT2D eigenvalue weighted by molar-refractivity contribution is -0.160. The Labute approximate surface area is 181 Å². The van der Waals surface area contributed by atoms with Crippen molar-refractivity contribution in [3.05, 3.63) is 23.8 Å². The lowest BCUT2D eigenvalue weighted by Gasteiger charge is -2.56. The van der Waals surface area contributed by atoms with Crippen LogP contribution in [0.5, 0.6) is 0 Å². The van der Waals surface area contributed by atoms with Gasteiger partial charge in [0.15, 0.2) is 5.13 Å². The van der Waals surface area contributed by atoms with Gasteiger partial charge in [0, 0.05) is 6.54 Å². The van der Waals surface area contributed by atoms with Crippen molar-refractivity contribution in [3.8, 4) is 0 Å². The molecule has 4 bridgehead atoms. The van der Waals surface area contributed by atoms with Crippen molar-refractivity contribution in [2.24, 2.45) is 23.2 Å². The normalized spacial score (nSPS) is 34.6. The summed E-state index contributed by atoms with van der Waals surface area (Å²) < 4.78 is 1.08. The van der Waals surface area contributed by atoms with Crippen molar-refractivity contribution in [3.63, 3.8) is 0 Å². The average molecular weight is 424 g/mol. The van der Waals surface area contributed by atoms with E-state index in [1.807, 2.05) is 30.0 Å². The summed E-state index contributed by atoms with van der Waals surface area (Å²) in [5, 5.41) is 3.67. The Hall–Kier alpha value is -1.95. The molecule has 5 fully saturated rings. The molecule has 4 aliphatic carbocycles. The van der Waals surface area contributed by atoms with E-state index >= 15 is 0 Å². The number of nitrogens with zero attached hydrogens (tertiary/aromatic N) is 2. The summed E-state index contributed by atoms with van der Waals surface area (Å²) in [6.07, 6.45) is 8.82. The third-order valence-electron chi connectivity index (χ3n) is 8.16. The molecule has 6 heteroatoms. The highest BCUT2D eigenvalue weighted by Gasteiger charge is 2.56. The summed E-state index contributed by atoms with van der Waals surface area (Å²) in [6, 6.07) is 5.74. The summed E-state index contributed by atoms with van der Waals surface area (Å²) in [6.45, 7) is 2.76. The number of benzene rings is 1. The molecule has 30 heavy (non-hydrogen) atoms. The van der Waals surface area contributed by atoms with E-state index in [9.17, 15) is 9.59 Å². The monoisotopic (exact) mass is 423 g/mol. The van der Waals surface area contributed by atoms with Crippen molar-refractivity contribution < 1.29 is 9.59 Å². The molecule has 1 aromatic carbocycles. The van der Waals surface area contributed by atoms with E-state index in [1.165, 1.54) is 30.6 Å². The van der Waals surface area contributed by atoms with Crippen LogP contribution in [0, 0.1) is 30.1 Å². The van der Waals surface area contributed by atoms with Crippen molar-refractivity contribution in [1.29, 1.82) is 0 Å². The number of anilines is 1. The molecular formula is C24H29N3O2S. The Kier molecular flexibility index (Phi) is 4.24. The molecule has 1 atom stereocenters. The first-order valence-corrected chi connectivity index (χ1v) is 12.3. The van der Waals surface area contributed by atoms with Gasteiger partial charge in [0.2, 0.25) is 11.8 Å². The highest BCUT2D eigenvalue weighted by Crippen LogP contribution is 2.60. The molecule has 1 N–H and O–H groups in total. The quantitative estimate of drug-likeness (QED) is 0.775. The number of rotatable bonds is 3. The molecule has 0 radical (unpaired) electrons. The van der Waals surface area contributed by atoms with Gasteiger partial charge < -0.3 is 10.2 Å². The molecule has 5 aliphatic rings. The first-order chi connectivity index (χ1) is 14.5. The van der Waals surface area contributed by atoms with Crippen molar-refractivity contribution in [1.82, 2.24) is 9.88 Å². The number of aromatic nitrogens is 1. The standard InChI is InChI=1S/C24H29N3O2S/c1-14-4-2-6-19-20(14)25-23(30-19)26-21(28)18-5-3-7-27(18)22(29)24-11-15-8-16(12-24)10-17(9-15)13-24/h2,4,6,15-18H,3,5,7-13H2,1H3,(H,25,26,28). The van der Waals surface area contributed by atoms with Crippen molar-refractivity contribution in [2.75, 3.05) is 11.9 Å². The molecule has 2 heterocycles. The molecule has 1 unspecified atom stereocenters. The molecule has 7 rings (SSSR count). The van der Waals surface area contributed by atoms with Crippen LogP contribution in [0.3, 0.4) is 0 Å². The zero-order valence-electron chi connectivity index (χ0n) is 17.5. The number of thiazole rings is 1. The molecule has 1 aromatic heterocycles. The van der Waals surface area contributed by atoms with Crippen LogP contribution >= 0.6 is 11.3 Å². The molecule has 1 saturated heterocycles. The maximum absolute atomic E-state index is 13.8. The third kappa shape index (κ3) is 2.90. The van der Waals surface area contributed by atoms with E-state index in [-0.39, 0.29) is 23.3 Å². The second-order valence-electron chi connectivity index (χ2n) is 10.3. The number of carbonyl (C=O) groups is 2. The Bertz CT molecular complexity index is 993. The lowest BCUT2D eigenvalue weighted by Crippen LogP contribution is -2.56. The van der Waals surface area contributed by atoms with E-state index in [2.05, 4.69) is 10.3 Å². The minimum absolute atomic E-state index is 0.0673. The van der Waals surface area contributed by atoms with Gasteiger partial charge in [-0.2, -0.15) is 0 Å². The summed E-state index contributed by atoms with van der Waals surface area (Å²) >= 11 is 1.51. The van der Waals surface area contributed by atoms with Crippen LogP contribution in [0.2, 0.25) is 0 Å². The highest BCUT2D eigenvalue weighted by molar-refractivity contribution is 7.22. The Morgan fingerprint density at radius 1 is 1.13 bits per heavy atom. The van der Waals surface area contributed by atoms with Gasteiger partial charge >= 0.3 is 0 Å². The van der Waals surface area contributed by atoms with Crippen LogP contribution < -0.4 is 5.32 Å². The maximum Gasteiger partial charge on any atom is 0.248 e. The molecule has 1 aliphatic heterocycles. The first-order valence-electron chi connectivity index (χ1n) is 11.5. The lowest BCUT2D eigenvalue weighted by atomic mass is 9.49. The number of carbonyl (C=O) groups excluding carboxylic acids is 2. The number of likely N-dealkylation sites (tertiary alicyclic amines) is 1. The van der Waals surface area contributed by atoms with Gasteiger partial charge in [-0.05, 0) is 87.7 Å². The van der Waals surface area contributed by atoms with E-state index in [4.69, 9.17) is 0 Å². The largest absolute Gasteiger partial charge is 0.330 e. The van der Waals surface area contributed by atoms with Crippen molar-refractivity contribution in [2.45, 2.75) is 64.3 Å². The van der Waals surface area contributed by atoms with Gasteiger partial charge in [-0.15, -0.1) is 0 Å². The predicted molar refractivity (Wildman–Crippen MR) is 118 cm³/mol. The summed E-state index contributed by atoms with van der Waals surface area (Å²) in [7, 11) is 0. The number of aryl methyl sites for hydroxylation is 1. The van der Waals surface area contributed by atoms with Crippen LogP contribution in [0.4, 0.5) is 5.13 Å². The number of fused-ring (bicyclic) bond motifs is 1. The van der Waals surface area contributed by atoms with Crippen LogP contribution in [0.25, 0.3) is 10.2 Å².